The van der Waals surface area contributed by atoms with E-state index in [9.17, 15) is 9.59 Å². The zero-order chi connectivity index (χ0) is 12.7. The van der Waals surface area contributed by atoms with Crippen LogP contribution in [-0.2, 0) is 7.05 Å². The smallest absolute Gasteiger partial charge is 0.304 e. The van der Waals surface area contributed by atoms with Gasteiger partial charge in [0.25, 0.3) is 0 Å². The fraction of sp³-hybridized carbons (Fsp3) is 0.273. The number of carbonyl (C=O) groups is 1. The van der Waals surface area contributed by atoms with Crippen molar-refractivity contribution in [1.82, 2.24) is 9.55 Å². The number of fused-ring (bicyclic) bond motifs is 1. The Morgan fingerprint density at radius 3 is 2.71 bits per heavy atom. The fourth-order valence-corrected chi connectivity index (χ4v) is 2.04. The van der Waals surface area contributed by atoms with Crippen LogP contribution in [-0.4, -0.2) is 20.7 Å². The Balaban J connectivity index is 2.74. The Hall–Kier alpha value is -1.26. The third kappa shape index (κ3) is 1.98. The first-order chi connectivity index (χ1) is 7.91. The topological polar surface area (TPSA) is 54.9 Å². The Kier molecular flexibility index (Phi) is 3.02. The van der Waals surface area contributed by atoms with Crippen molar-refractivity contribution < 1.29 is 4.79 Å². The summed E-state index contributed by atoms with van der Waals surface area (Å²) >= 11 is 11.8. The average Bonchev–Trinajstić information content (AvgIpc) is 2.55. The molecule has 4 nitrogen and oxygen atoms in total. The molecule has 2 rings (SSSR count). The number of nitrogens with zero attached hydrogens (tertiary/aromatic N) is 1. The minimum atomic E-state index is -0.625. The van der Waals surface area contributed by atoms with Crippen LogP contribution in [0.4, 0.5) is 0 Å². The van der Waals surface area contributed by atoms with E-state index in [1.165, 1.54) is 10.6 Å². The summed E-state index contributed by atoms with van der Waals surface area (Å²) in [5.41, 5.74) is 1.24. The zero-order valence-corrected chi connectivity index (χ0v) is 10.8. The highest BCUT2D eigenvalue weighted by Crippen LogP contribution is 2.23. The molecular weight excluding hydrogens is 263 g/mol. The lowest BCUT2D eigenvalue weighted by atomic mass is 10.1. The van der Waals surface area contributed by atoms with Crippen LogP contribution in [0.15, 0.2) is 16.9 Å². The maximum atomic E-state index is 11.8. The van der Waals surface area contributed by atoms with Crippen molar-refractivity contribution >= 4 is 40.0 Å². The third-order valence-electron chi connectivity index (χ3n) is 2.61. The summed E-state index contributed by atoms with van der Waals surface area (Å²) in [7, 11) is 1.61. The van der Waals surface area contributed by atoms with Crippen molar-refractivity contribution in [2.75, 3.05) is 0 Å². The molecule has 0 bridgehead atoms. The molecule has 0 saturated heterocycles. The van der Waals surface area contributed by atoms with Gasteiger partial charge in [-0.25, -0.2) is 4.79 Å². The number of H-pyrrole nitrogens is 1. The molecule has 0 radical (unpaired) electrons. The molecule has 0 fully saturated rings. The standard InChI is InChI=1S/C11H10Cl2N2O2/c1-5(12)10(16)6-3-7(13)9-8(4-6)15(2)11(17)14-9/h3-5H,1-2H3,(H,14,17). The van der Waals surface area contributed by atoms with E-state index in [2.05, 4.69) is 4.98 Å². The highest BCUT2D eigenvalue weighted by atomic mass is 35.5. The summed E-state index contributed by atoms with van der Waals surface area (Å²) in [6.45, 7) is 1.60. The normalized spacial score (nSPS) is 12.9. The first kappa shape index (κ1) is 12.2. The number of ketones is 1. The number of benzene rings is 1. The maximum Gasteiger partial charge on any atom is 0.326 e. The van der Waals surface area contributed by atoms with Crippen LogP contribution in [0.1, 0.15) is 17.3 Å². The molecule has 0 aliphatic rings. The molecule has 1 heterocycles. The molecule has 1 unspecified atom stereocenters. The molecule has 1 aromatic heterocycles. The van der Waals surface area contributed by atoms with E-state index in [0.29, 0.717) is 21.6 Å². The van der Waals surface area contributed by atoms with Gasteiger partial charge in [-0.2, -0.15) is 0 Å². The second-order valence-corrected chi connectivity index (χ2v) is 4.88. The minimum Gasteiger partial charge on any atom is -0.304 e. The molecule has 0 amide bonds. The molecule has 90 valence electrons. The number of carbonyl (C=O) groups excluding carboxylic acids is 1. The van der Waals surface area contributed by atoms with Gasteiger partial charge in [0.1, 0.15) is 0 Å². The highest BCUT2D eigenvalue weighted by Gasteiger charge is 2.16. The largest absolute Gasteiger partial charge is 0.326 e. The molecule has 0 aliphatic heterocycles. The van der Waals surface area contributed by atoms with E-state index < -0.39 is 5.38 Å². The predicted octanol–water partition coefficient (Wildman–Crippen LogP) is 2.33. The van der Waals surface area contributed by atoms with Crippen LogP contribution in [0.5, 0.6) is 0 Å². The van der Waals surface area contributed by atoms with Crippen molar-refractivity contribution in [3.8, 4) is 0 Å². The third-order valence-corrected chi connectivity index (χ3v) is 3.11. The van der Waals surface area contributed by atoms with Crippen molar-refractivity contribution in [1.29, 1.82) is 0 Å². The Labute approximate surface area is 107 Å². The lowest BCUT2D eigenvalue weighted by Gasteiger charge is -2.04. The second kappa shape index (κ2) is 4.20. The number of rotatable bonds is 2. The monoisotopic (exact) mass is 272 g/mol. The number of alkyl halides is 1. The minimum absolute atomic E-state index is 0.218. The SMILES string of the molecule is CC(Cl)C(=O)c1cc(Cl)c2[nH]c(=O)n(C)c2c1. The van der Waals surface area contributed by atoms with Gasteiger partial charge in [-0.3, -0.25) is 9.36 Å². The van der Waals surface area contributed by atoms with Crippen LogP contribution in [0.25, 0.3) is 11.0 Å². The average molecular weight is 273 g/mol. The van der Waals surface area contributed by atoms with Crippen molar-refractivity contribution in [2.45, 2.75) is 12.3 Å². The van der Waals surface area contributed by atoms with Crippen LogP contribution in [0.3, 0.4) is 0 Å². The van der Waals surface area contributed by atoms with Crippen LogP contribution in [0.2, 0.25) is 5.02 Å². The summed E-state index contributed by atoms with van der Waals surface area (Å²) in [4.78, 5) is 25.8. The fourth-order valence-electron chi connectivity index (χ4n) is 1.65. The summed E-state index contributed by atoms with van der Waals surface area (Å²) in [5.74, 6) is -0.218. The molecule has 2 aromatic rings. The van der Waals surface area contributed by atoms with Gasteiger partial charge in [0.15, 0.2) is 5.78 Å². The number of hydrogen-bond acceptors (Lipinski definition) is 2. The first-order valence-electron chi connectivity index (χ1n) is 4.98. The number of aromatic nitrogens is 2. The Morgan fingerprint density at radius 2 is 2.12 bits per heavy atom. The number of halogens is 2. The number of aromatic amines is 1. The predicted molar refractivity (Wildman–Crippen MR) is 68.2 cm³/mol. The van der Waals surface area contributed by atoms with Crippen molar-refractivity contribution in [3.05, 3.63) is 33.2 Å². The molecule has 1 aromatic carbocycles. The van der Waals surface area contributed by atoms with Gasteiger partial charge in [0.05, 0.1) is 21.4 Å². The van der Waals surface area contributed by atoms with E-state index in [-0.39, 0.29) is 11.5 Å². The molecule has 0 aliphatic carbocycles. The highest BCUT2D eigenvalue weighted by molar-refractivity contribution is 6.37. The van der Waals surface area contributed by atoms with Gasteiger partial charge < -0.3 is 4.98 Å². The van der Waals surface area contributed by atoms with Gasteiger partial charge in [0.2, 0.25) is 0 Å². The number of Topliss-reactive ketones (excluding diaryl/α,β-unsaturated/α-hetero) is 1. The van der Waals surface area contributed by atoms with Gasteiger partial charge in [-0.1, -0.05) is 11.6 Å². The van der Waals surface area contributed by atoms with Crippen molar-refractivity contribution in [2.24, 2.45) is 7.05 Å². The number of imidazole rings is 1. The molecule has 1 N–H and O–H groups in total. The molecular formula is C11H10Cl2N2O2. The van der Waals surface area contributed by atoms with Crippen LogP contribution < -0.4 is 5.69 Å². The number of aryl methyl sites for hydroxylation is 1. The molecule has 0 spiro atoms. The molecule has 1 atom stereocenters. The summed E-state index contributed by atoms with van der Waals surface area (Å²) in [6.07, 6.45) is 0. The molecule has 17 heavy (non-hydrogen) atoms. The number of hydrogen-bond donors (Lipinski definition) is 1. The lowest BCUT2D eigenvalue weighted by molar-refractivity contribution is 0.0992. The van der Waals surface area contributed by atoms with Gasteiger partial charge in [0, 0.05) is 12.6 Å². The van der Waals surface area contributed by atoms with E-state index in [0.717, 1.165) is 0 Å². The lowest BCUT2D eigenvalue weighted by Crippen LogP contribution is -2.12. The van der Waals surface area contributed by atoms with Gasteiger partial charge >= 0.3 is 5.69 Å². The Bertz CT molecular complexity index is 655. The Morgan fingerprint density at radius 1 is 1.47 bits per heavy atom. The van der Waals surface area contributed by atoms with Gasteiger partial charge in [-0.05, 0) is 19.1 Å². The second-order valence-electron chi connectivity index (χ2n) is 3.82. The number of nitrogens with one attached hydrogen (secondary N) is 1. The summed E-state index contributed by atoms with van der Waals surface area (Å²) < 4.78 is 1.40. The quantitative estimate of drug-likeness (QED) is 0.674. The van der Waals surface area contributed by atoms with Crippen LogP contribution in [0, 0.1) is 0 Å². The van der Waals surface area contributed by atoms with E-state index in [1.54, 1.807) is 20.0 Å². The molecule has 6 heteroatoms. The summed E-state index contributed by atoms with van der Waals surface area (Å²) in [6, 6.07) is 3.13. The van der Waals surface area contributed by atoms with Crippen molar-refractivity contribution in [3.63, 3.8) is 0 Å². The summed E-state index contributed by atoms with van der Waals surface area (Å²) in [5, 5.41) is -0.291. The zero-order valence-electron chi connectivity index (χ0n) is 9.25. The first-order valence-corrected chi connectivity index (χ1v) is 5.80. The maximum absolute atomic E-state index is 11.8. The van der Waals surface area contributed by atoms with Gasteiger partial charge in [-0.15, -0.1) is 11.6 Å². The van der Waals surface area contributed by atoms with Crippen LogP contribution >= 0.6 is 23.2 Å². The molecule has 0 saturated carbocycles. The van der Waals surface area contributed by atoms with E-state index >= 15 is 0 Å². The van der Waals surface area contributed by atoms with E-state index in [1.807, 2.05) is 0 Å². The van der Waals surface area contributed by atoms with E-state index in [4.69, 9.17) is 23.2 Å².